The summed E-state index contributed by atoms with van der Waals surface area (Å²) in [5, 5.41) is 19.7. The molecule has 0 aromatic carbocycles. The monoisotopic (exact) mass is 156 g/mol. The molecule has 1 heterocycles. The first-order chi connectivity index (χ1) is 5.22. The molecule has 0 aliphatic rings. The van der Waals surface area contributed by atoms with Gasteiger partial charge in [0.2, 0.25) is 0 Å². The molecule has 1 rings (SSSR count). The van der Waals surface area contributed by atoms with Crippen LogP contribution in [0.1, 0.15) is 5.82 Å². The van der Waals surface area contributed by atoms with Crippen LogP contribution in [-0.2, 0) is 18.3 Å². The zero-order chi connectivity index (χ0) is 8.27. The van der Waals surface area contributed by atoms with E-state index >= 15 is 0 Å². The zero-order valence-corrected chi connectivity index (χ0v) is 6.01. The van der Waals surface area contributed by atoms with Crippen LogP contribution < -0.4 is 0 Å². The van der Waals surface area contributed by atoms with Crippen LogP contribution in [0.15, 0.2) is 0 Å². The molecule has 6 heteroatoms. The number of hydrogen-bond donors (Lipinski definition) is 1. The van der Waals surface area contributed by atoms with E-state index in [1.165, 1.54) is 4.80 Å². The molecular weight excluding hydrogens is 148 g/mol. The summed E-state index contributed by atoms with van der Waals surface area (Å²) in [5.74, 6) is 0.368. The Morgan fingerprint density at radius 2 is 2.55 bits per heavy atom. The molecule has 6 nitrogen and oxygen atoms in total. The SMILES string of the molecule is Cn1nnc(CC(O)C=O)n1. The highest BCUT2D eigenvalue weighted by Gasteiger charge is 2.07. The van der Waals surface area contributed by atoms with Crippen molar-refractivity contribution in [2.24, 2.45) is 7.05 Å². The third-order valence-corrected chi connectivity index (χ3v) is 1.10. The topological polar surface area (TPSA) is 80.9 Å². The predicted octanol–water partition coefficient (Wildman–Crippen LogP) is -1.69. The summed E-state index contributed by atoms with van der Waals surface area (Å²) in [6.07, 6.45) is -0.465. The molecule has 1 unspecified atom stereocenters. The van der Waals surface area contributed by atoms with Crippen molar-refractivity contribution in [3.05, 3.63) is 5.82 Å². The molecule has 11 heavy (non-hydrogen) atoms. The average Bonchev–Trinajstić information content (AvgIpc) is 2.35. The fourth-order valence-electron chi connectivity index (χ4n) is 0.640. The molecule has 0 aliphatic carbocycles. The summed E-state index contributed by atoms with van der Waals surface area (Å²) in [4.78, 5) is 11.3. The van der Waals surface area contributed by atoms with E-state index in [4.69, 9.17) is 5.11 Å². The van der Waals surface area contributed by atoms with Crippen LogP contribution in [0.3, 0.4) is 0 Å². The molecule has 60 valence electrons. The van der Waals surface area contributed by atoms with Gasteiger partial charge in [-0.3, -0.25) is 0 Å². The van der Waals surface area contributed by atoms with Gasteiger partial charge in [0, 0.05) is 6.42 Å². The highest BCUT2D eigenvalue weighted by Crippen LogP contribution is 1.90. The average molecular weight is 156 g/mol. The summed E-state index contributed by atoms with van der Waals surface area (Å²) >= 11 is 0. The molecular formula is C5H8N4O2. The highest BCUT2D eigenvalue weighted by molar-refractivity contribution is 5.55. The Hall–Kier alpha value is -1.30. The maximum Gasteiger partial charge on any atom is 0.177 e. The van der Waals surface area contributed by atoms with Crippen molar-refractivity contribution in [3.63, 3.8) is 0 Å². The molecule has 0 saturated carbocycles. The van der Waals surface area contributed by atoms with E-state index in [9.17, 15) is 4.79 Å². The maximum atomic E-state index is 9.98. The van der Waals surface area contributed by atoms with Crippen molar-refractivity contribution in [2.75, 3.05) is 0 Å². The van der Waals surface area contributed by atoms with Gasteiger partial charge in [-0.25, -0.2) is 0 Å². The number of aliphatic hydroxyl groups excluding tert-OH is 1. The van der Waals surface area contributed by atoms with Gasteiger partial charge < -0.3 is 9.90 Å². The standard InChI is InChI=1S/C5H8N4O2/c1-9-7-5(6-8-9)2-4(11)3-10/h3-4,11H,2H2,1H3. The Morgan fingerprint density at radius 1 is 1.82 bits per heavy atom. The first-order valence-corrected chi connectivity index (χ1v) is 3.08. The van der Waals surface area contributed by atoms with Crippen LogP contribution in [0.4, 0.5) is 0 Å². The fourth-order valence-corrected chi connectivity index (χ4v) is 0.640. The second kappa shape index (κ2) is 3.20. The normalized spacial score (nSPS) is 12.9. The molecule has 0 saturated heterocycles. The van der Waals surface area contributed by atoms with Crippen LogP contribution in [0, 0.1) is 0 Å². The lowest BCUT2D eigenvalue weighted by atomic mass is 10.3. The minimum Gasteiger partial charge on any atom is -0.385 e. The van der Waals surface area contributed by atoms with E-state index in [1.807, 2.05) is 0 Å². The largest absolute Gasteiger partial charge is 0.385 e. The smallest absolute Gasteiger partial charge is 0.177 e. The van der Waals surface area contributed by atoms with Gasteiger partial charge >= 0.3 is 0 Å². The zero-order valence-electron chi connectivity index (χ0n) is 6.01. The lowest BCUT2D eigenvalue weighted by molar-refractivity contribution is -0.114. The third-order valence-electron chi connectivity index (χ3n) is 1.10. The van der Waals surface area contributed by atoms with Crippen LogP contribution in [0.5, 0.6) is 0 Å². The summed E-state index contributed by atoms with van der Waals surface area (Å²) in [7, 11) is 1.61. The Labute approximate surface area is 62.8 Å². The number of carbonyl (C=O) groups is 1. The minimum atomic E-state index is -1.03. The van der Waals surface area contributed by atoms with Crippen LogP contribution >= 0.6 is 0 Å². The molecule has 0 radical (unpaired) electrons. The van der Waals surface area contributed by atoms with Gasteiger partial charge in [-0.2, -0.15) is 4.80 Å². The van der Waals surface area contributed by atoms with E-state index < -0.39 is 6.10 Å². The summed E-state index contributed by atoms with van der Waals surface area (Å²) < 4.78 is 0. The van der Waals surface area contributed by atoms with E-state index in [0.29, 0.717) is 12.1 Å². The Kier molecular flexibility index (Phi) is 2.27. The molecule has 0 bridgehead atoms. The second-order valence-electron chi connectivity index (χ2n) is 2.10. The quantitative estimate of drug-likeness (QED) is 0.528. The number of hydrogen-bond acceptors (Lipinski definition) is 5. The lowest BCUT2D eigenvalue weighted by Crippen LogP contribution is -2.12. The van der Waals surface area contributed by atoms with Gasteiger partial charge in [0.25, 0.3) is 0 Å². The number of rotatable bonds is 3. The molecule has 0 aliphatic heterocycles. The highest BCUT2D eigenvalue weighted by atomic mass is 16.3. The number of aryl methyl sites for hydroxylation is 1. The Morgan fingerprint density at radius 3 is 3.00 bits per heavy atom. The van der Waals surface area contributed by atoms with Crippen molar-refractivity contribution in [2.45, 2.75) is 12.5 Å². The maximum absolute atomic E-state index is 9.98. The van der Waals surface area contributed by atoms with Crippen molar-refractivity contribution >= 4 is 6.29 Å². The molecule has 1 atom stereocenters. The Balaban J connectivity index is 2.57. The molecule has 1 aromatic heterocycles. The van der Waals surface area contributed by atoms with Gasteiger partial charge in [0.15, 0.2) is 5.82 Å². The van der Waals surface area contributed by atoms with E-state index in [0.717, 1.165) is 0 Å². The van der Waals surface area contributed by atoms with Crippen molar-refractivity contribution in [1.82, 2.24) is 20.2 Å². The van der Waals surface area contributed by atoms with Crippen molar-refractivity contribution < 1.29 is 9.90 Å². The number of aldehydes is 1. The van der Waals surface area contributed by atoms with Gasteiger partial charge in [0.05, 0.1) is 7.05 Å². The molecule has 0 amide bonds. The number of nitrogens with zero attached hydrogens (tertiary/aromatic N) is 4. The first-order valence-electron chi connectivity index (χ1n) is 3.08. The Bertz CT molecular complexity index is 246. The number of tetrazole rings is 1. The van der Waals surface area contributed by atoms with E-state index in [1.54, 1.807) is 7.05 Å². The van der Waals surface area contributed by atoms with Crippen LogP contribution in [0.2, 0.25) is 0 Å². The predicted molar refractivity (Wildman–Crippen MR) is 34.6 cm³/mol. The summed E-state index contributed by atoms with van der Waals surface area (Å²) in [6, 6.07) is 0. The van der Waals surface area contributed by atoms with Gasteiger partial charge in [0.1, 0.15) is 12.4 Å². The minimum absolute atomic E-state index is 0.122. The number of carbonyl (C=O) groups excluding carboxylic acids is 1. The third kappa shape index (κ3) is 2.08. The van der Waals surface area contributed by atoms with Crippen molar-refractivity contribution in [1.29, 1.82) is 0 Å². The fraction of sp³-hybridized carbons (Fsp3) is 0.600. The van der Waals surface area contributed by atoms with E-state index in [-0.39, 0.29) is 6.42 Å². The van der Waals surface area contributed by atoms with Crippen LogP contribution in [0.25, 0.3) is 0 Å². The van der Waals surface area contributed by atoms with Crippen molar-refractivity contribution in [3.8, 4) is 0 Å². The molecule has 0 fully saturated rings. The molecule has 1 N–H and O–H groups in total. The lowest BCUT2D eigenvalue weighted by Gasteiger charge is -1.94. The van der Waals surface area contributed by atoms with Gasteiger partial charge in [-0.05, 0) is 5.21 Å². The summed E-state index contributed by atoms with van der Waals surface area (Å²) in [6.45, 7) is 0. The summed E-state index contributed by atoms with van der Waals surface area (Å²) in [5.41, 5.74) is 0. The van der Waals surface area contributed by atoms with E-state index in [2.05, 4.69) is 15.4 Å². The first kappa shape index (κ1) is 7.80. The van der Waals surface area contributed by atoms with Gasteiger partial charge in [-0.15, -0.1) is 10.2 Å². The molecule has 0 spiro atoms. The number of aromatic nitrogens is 4. The second-order valence-corrected chi connectivity index (χ2v) is 2.10. The van der Waals surface area contributed by atoms with Gasteiger partial charge in [-0.1, -0.05) is 0 Å². The molecule has 1 aromatic rings. The number of aliphatic hydroxyl groups is 1. The van der Waals surface area contributed by atoms with Crippen LogP contribution in [-0.4, -0.2) is 37.7 Å².